The molecule has 2 unspecified atom stereocenters. The Kier molecular flexibility index (Phi) is 4.77. The molecule has 2 saturated heterocycles. The van der Waals surface area contributed by atoms with Gasteiger partial charge in [0.15, 0.2) is 0 Å². The summed E-state index contributed by atoms with van der Waals surface area (Å²) in [5, 5.41) is 9.81. The third-order valence-corrected chi connectivity index (χ3v) is 7.28. The Labute approximate surface area is 177 Å². The first-order valence-corrected chi connectivity index (χ1v) is 10.9. The van der Waals surface area contributed by atoms with Crippen LogP contribution in [0.4, 0.5) is 5.13 Å². The quantitative estimate of drug-likeness (QED) is 0.671. The van der Waals surface area contributed by atoms with E-state index >= 15 is 0 Å². The van der Waals surface area contributed by atoms with Crippen molar-refractivity contribution in [3.05, 3.63) is 40.9 Å². The molecule has 2 aliphatic heterocycles. The summed E-state index contributed by atoms with van der Waals surface area (Å²) in [4.78, 5) is 40.6. The third-order valence-electron chi connectivity index (χ3n) is 6.34. The average molecular weight is 426 g/mol. The number of aromatic nitrogens is 2. The summed E-state index contributed by atoms with van der Waals surface area (Å²) in [5.74, 6) is -0.292. The van der Waals surface area contributed by atoms with E-state index in [1.165, 1.54) is 18.4 Å². The van der Waals surface area contributed by atoms with Crippen molar-refractivity contribution in [1.82, 2.24) is 15.1 Å². The number of esters is 1. The number of likely N-dealkylation sites (tertiary alicyclic amines) is 1. The van der Waals surface area contributed by atoms with Crippen LogP contribution < -0.4 is 4.90 Å². The van der Waals surface area contributed by atoms with Crippen LogP contribution in [0.2, 0.25) is 0 Å². The second kappa shape index (κ2) is 7.46. The second-order valence-corrected chi connectivity index (χ2v) is 9.21. The molecule has 0 bridgehead atoms. The van der Waals surface area contributed by atoms with Gasteiger partial charge in [-0.3, -0.25) is 19.3 Å². The first kappa shape index (κ1) is 19.2. The van der Waals surface area contributed by atoms with Gasteiger partial charge < -0.3 is 9.64 Å². The maximum absolute atomic E-state index is 12.9. The van der Waals surface area contributed by atoms with Gasteiger partial charge >= 0.3 is 5.97 Å². The van der Waals surface area contributed by atoms with Crippen LogP contribution in [0.25, 0.3) is 0 Å². The molecule has 2 amide bonds. The Morgan fingerprint density at radius 2 is 1.87 bits per heavy atom. The Balaban J connectivity index is 1.19. The number of piperidine rings is 1. The van der Waals surface area contributed by atoms with E-state index in [0.717, 1.165) is 10.6 Å². The molecular weight excluding hydrogens is 404 g/mol. The maximum atomic E-state index is 12.9. The summed E-state index contributed by atoms with van der Waals surface area (Å²) < 4.78 is 4.82. The third kappa shape index (κ3) is 3.36. The summed E-state index contributed by atoms with van der Waals surface area (Å²) in [5.41, 5.74) is 1.14. The van der Waals surface area contributed by atoms with Crippen LogP contribution in [0.1, 0.15) is 17.0 Å². The van der Waals surface area contributed by atoms with Crippen LogP contribution in [0.15, 0.2) is 30.3 Å². The van der Waals surface area contributed by atoms with Crippen molar-refractivity contribution in [2.45, 2.75) is 12.8 Å². The number of carbonyl (C=O) groups is 3. The molecule has 1 saturated carbocycles. The van der Waals surface area contributed by atoms with E-state index in [2.05, 4.69) is 10.2 Å². The fraction of sp³-hybridized carbons (Fsp3) is 0.476. The minimum Gasteiger partial charge on any atom is -0.469 e. The highest BCUT2D eigenvalue weighted by molar-refractivity contribution is 7.15. The zero-order chi connectivity index (χ0) is 20.8. The zero-order valence-corrected chi connectivity index (χ0v) is 17.4. The molecule has 3 heterocycles. The molecule has 1 aromatic heterocycles. The molecule has 30 heavy (non-hydrogen) atoms. The number of hydrogen-bond donors (Lipinski definition) is 0. The first-order chi connectivity index (χ1) is 14.5. The summed E-state index contributed by atoms with van der Waals surface area (Å²) in [6.07, 6.45) is 0.861. The van der Waals surface area contributed by atoms with Gasteiger partial charge in [0.25, 0.3) is 0 Å². The van der Waals surface area contributed by atoms with Crippen molar-refractivity contribution < 1.29 is 19.1 Å². The maximum Gasteiger partial charge on any atom is 0.309 e. The van der Waals surface area contributed by atoms with Gasteiger partial charge in [-0.1, -0.05) is 41.7 Å². The molecule has 0 spiro atoms. The van der Waals surface area contributed by atoms with Crippen LogP contribution in [0.3, 0.4) is 0 Å². The molecule has 3 aliphatic rings. The highest BCUT2D eigenvalue weighted by atomic mass is 32.1. The van der Waals surface area contributed by atoms with Crippen LogP contribution >= 0.6 is 11.3 Å². The predicted molar refractivity (Wildman–Crippen MR) is 109 cm³/mol. The van der Waals surface area contributed by atoms with Gasteiger partial charge in [-0.2, -0.15) is 0 Å². The van der Waals surface area contributed by atoms with Gasteiger partial charge in [-0.15, -0.1) is 10.2 Å². The number of benzene rings is 1. The molecule has 3 fully saturated rings. The number of nitrogens with zero attached hydrogens (tertiary/aromatic N) is 4. The molecule has 4 atom stereocenters. The lowest BCUT2D eigenvalue weighted by molar-refractivity contribution is -0.144. The minimum absolute atomic E-state index is 0.00399. The Morgan fingerprint density at radius 1 is 1.13 bits per heavy atom. The molecule has 0 N–H and O–H groups in total. The topological polar surface area (TPSA) is 92.7 Å². The van der Waals surface area contributed by atoms with E-state index in [0.29, 0.717) is 31.2 Å². The van der Waals surface area contributed by atoms with Gasteiger partial charge in [-0.25, -0.2) is 0 Å². The van der Waals surface area contributed by atoms with E-state index in [1.54, 1.807) is 9.80 Å². The molecular formula is C21H22N4O4S. The van der Waals surface area contributed by atoms with Gasteiger partial charge in [-0.05, 0) is 17.4 Å². The van der Waals surface area contributed by atoms with Gasteiger partial charge in [0, 0.05) is 32.5 Å². The second-order valence-electron chi connectivity index (χ2n) is 8.17. The molecule has 0 radical (unpaired) electrons. The monoisotopic (exact) mass is 426 g/mol. The smallest absolute Gasteiger partial charge is 0.309 e. The largest absolute Gasteiger partial charge is 0.469 e. The number of amides is 2. The SMILES string of the molecule is COC(=O)C1[C@H]2CN(C(=O)C3CC(=O)N(c4nnc(Cc5ccccc5)s4)C3)C[C@@H]12. The van der Waals surface area contributed by atoms with Crippen molar-refractivity contribution in [3.8, 4) is 0 Å². The highest BCUT2D eigenvalue weighted by Crippen LogP contribution is 2.52. The molecule has 156 valence electrons. The molecule has 9 heteroatoms. The minimum atomic E-state index is -0.368. The zero-order valence-electron chi connectivity index (χ0n) is 16.6. The Morgan fingerprint density at radius 3 is 2.57 bits per heavy atom. The normalized spacial score (nSPS) is 27.3. The standard InChI is InChI=1S/C21H22N4O4S/c1-29-20(28)18-14-10-24(11-15(14)18)19(27)13-8-17(26)25(9-13)21-23-22-16(30-21)7-12-5-3-2-4-6-12/h2-6,13-15,18H,7-11H2,1H3/t13?,14-,15+,18?. The molecule has 2 aromatic rings. The lowest BCUT2D eigenvalue weighted by Gasteiger charge is -2.22. The van der Waals surface area contributed by atoms with E-state index in [4.69, 9.17) is 4.74 Å². The lowest BCUT2D eigenvalue weighted by Crippen LogP contribution is -2.38. The van der Waals surface area contributed by atoms with Crippen LogP contribution in [0.5, 0.6) is 0 Å². The van der Waals surface area contributed by atoms with Crippen molar-refractivity contribution in [2.75, 3.05) is 31.6 Å². The fourth-order valence-electron chi connectivity index (χ4n) is 4.70. The number of anilines is 1. The molecule has 8 nitrogen and oxygen atoms in total. The van der Waals surface area contributed by atoms with Crippen molar-refractivity contribution >= 4 is 34.3 Å². The van der Waals surface area contributed by atoms with E-state index < -0.39 is 0 Å². The number of fused-ring (bicyclic) bond motifs is 1. The number of ether oxygens (including phenoxy) is 1. The lowest BCUT2D eigenvalue weighted by atomic mass is 10.1. The van der Waals surface area contributed by atoms with E-state index in [9.17, 15) is 14.4 Å². The molecule has 1 aliphatic carbocycles. The summed E-state index contributed by atoms with van der Waals surface area (Å²) in [6.45, 7) is 1.49. The number of rotatable bonds is 5. The van der Waals surface area contributed by atoms with Crippen molar-refractivity contribution in [3.63, 3.8) is 0 Å². The van der Waals surface area contributed by atoms with Crippen LogP contribution in [0, 0.1) is 23.7 Å². The van der Waals surface area contributed by atoms with Crippen molar-refractivity contribution in [2.24, 2.45) is 23.7 Å². The first-order valence-electron chi connectivity index (χ1n) is 10.1. The summed E-state index contributed by atoms with van der Waals surface area (Å²) >= 11 is 1.39. The molecule has 1 aromatic carbocycles. The number of carbonyl (C=O) groups excluding carboxylic acids is 3. The van der Waals surface area contributed by atoms with Gasteiger partial charge in [0.1, 0.15) is 5.01 Å². The fourth-order valence-corrected chi connectivity index (χ4v) is 5.60. The molecule has 5 rings (SSSR count). The highest BCUT2D eigenvalue weighted by Gasteiger charge is 2.61. The number of methoxy groups -OCH3 is 1. The summed E-state index contributed by atoms with van der Waals surface area (Å²) in [6, 6.07) is 9.99. The predicted octanol–water partition coefficient (Wildman–Crippen LogP) is 1.36. The average Bonchev–Trinajstić information content (AvgIpc) is 3.17. The summed E-state index contributed by atoms with van der Waals surface area (Å²) in [7, 11) is 1.40. The Hall–Kier alpha value is -2.81. The van der Waals surface area contributed by atoms with Crippen molar-refractivity contribution in [1.29, 1.82) is 0 Å². The van der Waals surface area contributed by atoms with E-state index in [1.807, 2.05) is 30.3 Å². The van der Waals surface area contributed by atoms with Gasteiger partial charge in [0.05, 0.1) is 18.9 Å². The van der Waals surface area contributed by atoms with Crippen LogP contribution in [-0.4, -0.2) is 59.6 Å². The van der Waals surface area contributed by atoms with Crippen LogP contribution in [-0.2, 0) is 25.5 Å². The Bertz CT molecular complexity index is 982. The number of hydrogen-bond acceptors (Lipinski definition) is 7. The van der Waals surface area contributed by atoms with Gasteiger partial charge in [0.2, 0.25) is 16.9 Å². The van der Waals surface area contributed by atoms with E-state index in [-0.39, 0.29) is 47.9 Å².